The number of nitriles is 1. The Balaban J connectivity index is 0.00000176. The Labute approximate surface area is 200 Å². The fourth-order valence-corrected chi connectivity index (χ4v) is 4.56. The molecule has 5 nitrogen and oxygen atoms in total. The Bertz CT molecular complexity index is 1010. The van der Waals surface area contributed by atoms with E-state index in [1.165, 1.54) is 9.75 Å². The molecule has 7 heteroatoms. The molecule has 0 saturated carbocycles. The minimum absolute atomic E-state index is 0.298. The van der Waals surface area contributed by atoms with E-state index in [-0.39, 0.29) is 0 Å². The third-order valence-corrected chi connectivity index (χ3v) is 6.41. The van der Waals surface area contributed by atoms with Crippen LogP contribution in [-0.4, -0.2) is 31.7 Å². The lowest BCUT2D eigenvalue weighted by atomic mass is 10.1. The van der Waals surface area contributed by atoms with Gasteiger partial charge in [0.25, 0.3) is 0 Å². The molecule has 2 heterocycles. The van der Waals surface area contributed by atoms with Crippen molar-refractivity contribution in [2.24, 2.45) is 0 Å². The van der Waals surface area contributed by atoms with Crippen molar-refractivity contribution in [2.45, 2.75) is 39.8 Å². The molecule has 0 amide bonds. The number of methoxy groups -OCH3 is 1. The van der Waals surface area contributed by atoms with Crippen LogP contribution in [0.25, 0.3) is 10.4 Å². The number of pyridine rings is 1. The van der Waals surface area contributed by atoms with Crippen LogP contribution in [0.2, 0.25) is 5.02 Å². The van der Waals surface area contributed by atoms with Crippen LogP contribution in [0.15, 0.2) is 48.7 Å². The van der Waals surface area contributed by atoms with Gasteiger partial charge in [-0.3, -0.25) is 0 Å². The van der Waals surface area contributed by atoms with Gasteiger partial charge in [-0.05, 0) is 49.9 Å². The zero-order valence-electron chi connectivity index (χ0n) is 19.4. The van der Waals surface area contributed by atoms with Crippen LogP contribution in [0.1, 0.15) is 37.6 Å². The molecule has 3 rings (SSSR count). The number of hydrogen-bond donors (Lipinski definition) is 1. The molecule has 1 N–H and O–H groups in total. The Kier molecular flexibility index (Phi) is 10.5. The molecule has 1 atom stereocenters. The first kappa shape index (κ1) is 25.7. The number of benzene rings is 1. The monoisotopic (exact) mass is 470 g/mol. The van der Waals surface area contributed by atoms with Crippen LogP contribution in [0, 0.1) is 11.3 Å². The van der Waals surface area contributed by atoms with Gasteiger partial charge in [-0.1, -0.05) is 32.4 Å². The van der Waals surface area contributed by atoms with E-state index in [4.69, 9.17) is 16.3 Å². The van der Waals surface area contributed by atoms with Crippen LogP contribution < -0.4 is 15.0 Å². The lowest BCUT2D eigenvalue weighted by Gasteiger charge is -2.33. The van der Waals surface area contributed by atoms with Gasteiger partial charge in [0.1, 0.15) is 6.07 Å². The summed E-state index contributed by atoms with van der Waals surface area (Å²) >= 11 is 8.08. The van der Waals surface area contributed by atoms with Gasteiger partial charge in [0.15, 0.2) is 0 Å². The molecule has 1 unspecified atom stereocenters. The van der Waals surface area contributed by atoms with Gasteiger partial charge in [-0.2, -0.15) is 5.26 Å². The molecular formula is C25H31ClN4OS. The first-order chi connectivity index (χ1) is 15.6. The second-order valence-corrected chi connectivity index (χ2v) is 8.45. The van der Waals surface area contributed by atoms with Crippen molar-refractivity contribution in [3.63, 3.8) is 0 Å². The van der Waals surface area contributed by atoms with E-state index in [0.29, 0.717) is 22.5 Å². The van der Waals surface area contributed by atoms with E-state index in [1.54, 1.807) is 24.5 Å². The smallest absolute Gasteiger partial charge is 0.212 e. The predicted octanol–water partition coefficient (Wildman–Crippen LogP) is 6.37. The summed E-state index contributed by atoms with van der Waals surface area (Å²) in [5, 5.41) is 13.0. The minimum atomic E-state index is 0.298. The molecule has 0 fully saturated rings. The van der Waals surface area contributed by atoms with Crippen molar-refractivity contribution in [1.82, 2.24) is 10.3 Å². The highest BCUT2D eigenvalue weighted by Gasteiger charge is 2.19. The maximum absolute atomic E-state index is 9.20. The van der Waals surface area contributed by atoms with Gasteiger partial charge >= 0.3 is 0 Å². The fourth-order valence-electron chi connectivity index (χ4n) is 3.35. The first-order valence-electron chi connectivity index (χ1n) is 10.8. The number of nitrogens with one attached hydrogen (secondary N) is 1. The van der Waals surface area contributed by atoms with Crippen LogP contribution in [0.3, 0.4) is 0 Å². The van der Waals surface area contributed by atoms with Gasteiger partial charge in [-0.15, -0.1) is 11.3 Å². The normalized spacial score (nSPS) is 11.2. The Morgan fingerprint density at radius 2 is 2.00 bits per heavy atom. The van der Waals surface area contributed by atoms with E-state index in [9.17, 15) is 5.26 Å². The second-order valence-electron chi connectivity index (χ2n) is 6.88. The quantitative estimate of drug-likeness (QED) is 0.393. The largest absolute Gasteiger partial charge is 0.481 e. The molecule has 0 saturated heterocycles. The number of rotatable bonds is 9. The van der Waals surface area contributed by atoms with Gasteiger partial charge in [0.05, 0.1) is 24.2 Å². The van der Waals surface area contributed by atoms with E-state index >= 15 is 0 Å². The highest BCUT2D eigenvalue weighted by molar-refractivity contribution is 7.15. The third kappa shape index (κ3) is 6.46. The SMILES string of the molecule is CC.CCC(CNC)N(Cc1ccc(-c2ccc(OC)nc2)s1)c1ccc(C#N)c(Cl)c1. The number of thiophene rings is 1. The molecular weight excluding hydrogens is 440 g/mol. The average molecular weight is 471 g/mol. The Morgan fingerprint density at radius 3 is 2.56 bits per heavy atom. The summed E-state index contributed by atoms with van der Waals surface area (Å²) < 4.78 is 5.15. The fraction of sp³-hybridized carbons (Fsp3) is 0.360. The van der Waals surface area contributed by atoms with E-state index in [0.717, 1.165) is 30.8 Å². The van der Waals surface area contributed by atoms with Crippen molar-refractivity contribution in [2.75, 3.05) is 25.6 Å². The highest BCUT2D eigenvalue weighted by atomic mass is 35.5. The second kappa shape index (κ2) is 13.1. The molecule has 170 valence electrons. The number of halogens is 1. The number of likely N-dealkylation sites (N-methyl/N-ethyl adjacent to an activating group) is 1. The van der Waals surface area contributed by atoms with E-state index < -0.39 is 0 Å². The molecule has 0 aliphatic carbocycles. The summed E-state index contributed by atoms with van der Waals surface area (Å²) in [7, 11) is 3.58. The molecule has 3 aromatic rings. The lowest BCUT2D eigenvalue weighted by molar-refractivity contribution is 0.398. The van der Waals surface area contributed by atoms with E-state index in [1.807, 2.05) is 51.4 Å². The van der Waals surface area contributed by atoms with Gasteiger partial charge in [-0.25, -0.2) is 4.98 Å². The maximum Gasteiger partial charge on any atom is 0.212 e. The molecule has 2 aromatic heterocycles. The van der Waals surface area contributed by atoms with Crippen molar-refractivity contribution in [3.05, 3.63) is 64.1 Å². The Morgan fingerprint density at radius 1 is 1.22 bits per heavy atom. The summed E-state index contributed by atoms with van der Waals surface area (Å²) in [5.74, 6) is 0.609. The topological polar surface area (TPSA) is 61.2 Å². The predicted molar refractivity (Wildman–Crippen MR) is 136 cm³/mol. The average Bonchev–Trinajstić information content (AvgIpc) is 3.31. The van der Waals surface area contributed by atoms with Crippen LogP contribution in [0.4, 0.5) is 5.69 Å². The molecule has 0 bridgehead atoms. The summed E-state index contributed by atoms with van der Waals surface area (Å²) in [6.45, 7) is 7.80. The van der Waals surface area contributed by atoms with Gasteiger partial charge < -0.3 is 15.0 Å². The number of ether oxygens (including phenoxy) is 1. The van der Waals surface area contributed by atoms with Crippen LogP contribution in [0.5, 0.6) is 5.88 Å². The number of nitrogens with zero attached hydrogens (tertiary/aromatic N) is 3. The molecule has 0 radical (unpaired) electrons. The standard InChI is InChI=1S/C23H25ClN4OS.C2H6/c1-4-18(14-26-2)28(19-7-5-16(12-25)21(24)11-19)15-20-8-9-22(30-20)17-6-10-23(29-3)27-13-17;1-2/h5-11,13,18,26H,4,14-15H2,1-3H3;1-2H3. The maximum atomic E-state index is 9.20. The summed E-state index contributed by atoms with van der Waals surface area (Å²) in [6, 6.07) is 16.3. The van der Waals surface area contributed by atoms with E-state index in [2.05, 4.69) is 40.3 Å². The summed E-state index contributed by atoms with van der Waals surface area (Å²) in [5.41, 5.74) is 2.58. The number of aromatic nitrogens is 1. The number of anilines is 1. The summed E-state index contributed by atoms with van der Waals surface area (Å²) in [6.07, 6.45) is 2.82. The first-order valence-corrected chi connectivity index (χ1v) is 12.0. The van der Waals surface area contributed by atoms with Crippen molar-refractivity contribution < 1.29 is 4.74 Å². The van der Waals surface area contributed by atoms with Crippen molar-refractivity contribution in [3.8, 4) is 22.4 Å². The van der Waals surface area contributed by atoms with Gasteiger partial charge in [0, 0.05) is 45.9 Å². The zero-order chi connectivity index (χ0) is 23.5. The number of hydrogen-bond acceptors (Lipinski definition) is 6. The lowest BCUT2D eigenvalue weighted by Crippen LogP contribution is -2.40. The molecule has 1 aromatic carbocycles. The molecule has 0 aliphatic heterocycles. The third-order valence-electron chi connectivity index (χ3n) is 4.97. The zero-order valence-corrected chi connectivity index (χ0v) is 20.9. The molecule has 0 spiro atoms. The molecule has 32 heavy (non-hydrogen) atoms. The minimum Gasteiger partial charge on any atom is -0.481 e. The Hall–Kier alpha value is -2.59. The van der Waals surface area contributed by atoms with Crippen LogP contribution in [-0.2, 0) is 6.54 Å². The van der Waals surface area contributed by atoms with Crippen molar-refractivity contribution >= 4 is 28.6 Å². The van der Waals surface area contributed by atoms with Crippen LogP contribution >= 0.6 is 22.9 Å². The van der Waals surface area contributed by atoms with Crippen molar-refractivity contribution in [1.29, 1.82) is 5.26 Å². The molecule has 0 aliphatic rings. The highest BCUT2D eigenvalue weighted by Crippen LogP contribution is 2.32. The summed E-state index contributed by atoms with van der Waals surface area (Å²) in [4.78, 5) is 9.07. The van der Waals surface area contributed by atoms with Gasteiger partial charge in [0.2, 0.25) is 5.88 Å².